The maximum absolute atomic E-state index is 10.0. The normalized spacial score (nSPS) is 17.5. The minimum atomic E-state index is -0.803. The van der Waals surface area contributed by atoms with E-state index in [0.29, 0.717) is 0 Å². The highest BCUT2D eigenvalue weighted by Crippen LogP contribution is 2.26. The summed E-state index contributed by atoms with van der Waals surface area (Å²) in [6.07, 6.45) is 0. The van der Waals surface area contributed by atoms with Gasteiger partial charge in [-0.2, -0.15) is 0 Å². The van der Waals surface area contributed by atoms with Crippen LogP contribution in [-0.2, 0) is 0 Å². The summed E-state index contributed by atoms with van der Waals surface area (Å²) in [6, 6.07) is 0. The molecule has 0 radical (unpaired) electrons. The average molecular weight is 188 g/mol. The Morgan fingerprint density at radius 1 is 1.15 bits per heavy atom. The molecule has 0 aromatic rings. The molecule has 0 aromatic heterocycles. The lowest BCUT2D eigenvalue weighted by Crippen LogP contribution is -2.53. The Morgan fingerprint density at radius 2 is 1.62 bits per heavy atom. The molecule has 0 spiro atoms. The molecule has 3 nitrogen and oxygen atoms in total. The smallest absolute Gasteiger partial charge is 0.118 e. The van der Waals surface area contributed by atoms with Crippen molar-refractivity contribution in [2.75, 3.05) is 27.2 Å². The number of rotatable bonds is 4. The first-order valence-corrected chi connectivity index (χ1v) is 4.79. The van der Waals surface area contributed by atoms with E-state index in [-0.39, 0.29) is 5.41 Å². The Bertz CT molecular complexity index is 147. The maximum Gasteiger partial charge on any atom is 0.118 e. The summed E-state index contributed by atoms with van der Waals surface area (Å²) in [5, 5.41) is 13.2. The van der Waals surface area contributed by atoms with Crippen LogP contribution in [0.1, 0.15) is 27.7 Å². The zero-order valence-corrected chi connectivity index (χ0v) is 9.81. The van der Waals surface area contributed by atoms with Crippen LogP contribution >= 0.6 is 0 Å². The van der Waals surface area contributed by atoms with Gasteiger partial charge in [0.25, 0.3) is 0 Å². The van der Waals surface area contributed by atoms with Crippen molar-refractivity contribution in [2.24, 2.45) is 5.41 Å². The molecule has 1 unspecified atom stereocenters. The third-order valence-corrected chi connectivity index (χ3v) is 2.49. The number of nitrogens with one attached hydrogen (secondary N) is 1. The van der Waals surface area contributed by atoms with E-state index in [1.165, 1.54) is 0 Å². The lowest BCUT2D eigenvalue weighted by atomic mass is 9.84. The third-order valence-electron chi connectivity index (χ3n) is 2.49. The van der Waals surface area contributed by atoms with Gasteiger partial charge < -0.3 is 10.0 Å². The van der Waals surface area contributed by atoms with Gasteiger partial charge in [0, 0.05) is 18.5 Å². The van der Waals surface area contributed by atoms with Crippen molar-refractivity contribution in [1.29, 1.82) is 0 Å². The van der Waals surface area contributed by atoms with E-state index in [1.807, 2.05) is 41.8 Å². The molecule has 0 saturated carbocycles. The van der Waals surface area contributed by atoms with E-state index in [0.717, 1.165) is 13.1 Å². The van der Waals surface area contributed by atoms with Crippen LogP contribution in [0.25, 0.3) is 0 Å². The number of aliphatic hydroxyl groups is 1. The summed E-state index contributed by atoms with van der Waals surface area (Å²) >= 11 is 0. The molecule has 0 fully saturated rings. The predicted octanol–water partition coefficient (Wildman–Crippen LogP) is 0.892. The van der Waals surface area contributed by atoms with Crippen LogP contribution in [0.4, 0.5) is 0 Å². The number of nitrogens with zero attached hydrogens (tertiary/aromatic N) is 1. The average Bonchev–Trinajstić information content (AvgIpc) is 1.82. The summed E-state index contributed by atoms with van der Waals surface area (Å²) in [6.45, 7) is 9.63. The lowest BCUT2D eigenvalue weighted by Gasteiger charge is -2.38. The standard InChI is InChI=1S/C10H24N2O/c1-9(2,3)10(4,13)11-7-8-12(5)6/h11,13H,7-8H2,1-6H3. The quantitative estimate of drug-likeness (QED) is 0.643. The van der Waals surface area contributed by atoms with Crippen molar-refractivity contribution in [2.45, 2.75) is 33.4 Å². The van der Waals surface area contributed by atoms with Crippen molar-refractivity contribution in [3.63, 3.8) is 0 Å². The van der Waals surface area contributed by atoms with Crippen LogP contribution in [0.2, 0.25) is 0 Å². The summed E-state index contributed by atoms with van der Waals surface area (Å²) in [5.41, 5.74) is -0.942. The summed E-state index contributed by atoms with van der Waals surface area (Å²) < 4.78 is 0. The van der Waals surface area contributed by atoms with Crippen molar-refractivity contribution in [3.05, 3.63) is 0 Å². The van der Waals surface area contributed by atoms with Gasteiger partial charge in [0.1, 0.15) is 5.72 Å². The van der Waals surface area contributed by atoms with Gasteiger partial charge in [0.15, 0.2) is 0 Å². The minimum absolute atomic E-state index is 0.140. The summed E-state index contributed by atoms with van der Waals surface area (Å²) in [5.74, 6) is 0. The Morgan fingerprint density at radius 3 is 1.92 bits per heavy atom. The molecule has 0 aromatic carbocycles. The zero-order chi connectivity index (χ0) is 10.7. The monoisotopic (exact) mass is 188 g/mol. The number of hydrogen-bond donors (Lipinski definition) is 2. The Labute approximate surface area is 82.1 Å². The molecule has 0 saturated heterocycles. The van der Waals surface area contributed by atoms with Crippen molar-refractivity contribution >= 4 is 0 Å². The largest absolute Gasteiger partial charge is 0.376 e. The summed E-state index contributed by atoms with van der Waals surface area (Å²) in [4.78, 5) is 2.09. The fourth-order valence-corrected chi connectivity index (χ4v) is 0.788. The van der Waals surface area contributed by atoms with Crippen LogP contribution in [-0.4, -0.2) is 42.9 Å². The van der Waals surface area contributed by atoms with Gasteiger partial charge in [-0.3, -0.25) is 5.32 Å². The second-order valence-corrected chi connectivity index (χ2v) is 5.05. The second kappa shape index (κ2) is 4.40. The molecule has 0 bridgehead atoms. The third kappa shape index (κ3) is 4.60. The fraction of sp³-hybridized carbons (Fsp3) is 1.00. The maximum atomic E-state index is 10.0. The Hall–Kier alpha value is -0.120. The molecule has 2 N–H and O–H groups in total. The van der Waals surface area contributed by atoms with E-state index in [9.17, 15) is 5.11 Å². The highest BCUT2D eigenvalue weighted by molar-refractivity contribution is 4.83. The van der Waals surface area contributed by atoms with E-state index in [4.69, 9.17) is 0 Å². The first-order valence-electron chi connectivity index (χ1n) is 4.79. The van der Waals surface area contributed by atoms with Gasteiger partial charge >= 0.3 is 0 Å². The molecule has 0 aliphatic rings. The molecule has 13 heavy (non-hydrogen) atoms. The predicted molar refractivity (Wildman–Crippen MR) is 56.6 cm³/mol. The minimum Gasteiger partial charge on any atom is -0.376 e. The van der Waals surface area contributed by atoms with Crippen LogP contribution in [0.3, 0.4) is 0 Å². The molecular formula is C10H24N2O. The molecule has 0 aliphatic heterocycles. The van der Waals surface area contributed by atoms with E-state index >= 15 is 0 Å². The highest BCUT2D eigenvalue weighted by Gasteiger charge is 2.34. The Balaban J connectivity index is 3.90. The molecule has 0 amide bonds. The lowest BCUT2D eigenvalue weighted by molar-refractivity contribution is -0.0705. The first-order chi connectivity index (χ1) is 5.67. The molecule has 0 heterocycles. The first kappa shape index (κ1) is 12.9. The zero-order valence-electron chi connectivity index (χ0n) is 9.81. The van der Waals surface area contributed by atoms with Crippen LogP contribution < -0.4 is 5.32 Å². The van der Waals surface area contributed by atoms with Crippen molar-refractivity contribution in [1.82, 2.24) is 10.2 Å². The fourth-order valence-electron chi connectivity index (χ4n) is 0.788. The van der Waals surface area contributed by atoms with Gasteiger partial charge in [-0.15, -0.1) is 0 Å². The molecular weight excluding hydrogens is 164 g/mol. The molecule has 0 rings (SSSR count). The van der Waals surface area contributed by atoms with E-state index in [2.05, 4.69) is 10.2 Å². The van der Waals surface area contributed by atoms with Gasteiger partial charge in [-0.25, -0.2) is 0 Å². The van der Waals surface area contributed by atoms with Crippen LogP contribution in [0.5, 0.6) is 0 Å². The summed E-state index contributed by atoms with van der Waals surface area (Å²) in [7, 11) is 4.04. The van der Waals surface area contributed by atoms with E-state index in [1.54, 1.807) is 0 Å². The van der Waals surface area contributed by atoms with Crippen molar-refractivity contribution in [3.8, 4) is 0 Å². The number of likely N-dealkylation sites (N-methyl/N-ethyl adjacent to an activating group) is 1. The van der Waals surface area contributed by atoms with Gasteiger partial charge in [-0.1, -0.05) is 20.8 Å². The SMILES string of the molecule is CN(C)CCNC(C)(O)C(C)(C)C. The Kier molecular flexibility index (Phi) is 4.36. The number of hydrogen-bond acceptors (Lipinski definition) is 3. The highest BCUT2D eigenvalue weighted by atomic mass is 16.3. The molecule has 1 atom stereocenters. The van der Waals surface area contributed by atoms with E-state index < -0.39 is 5.72 Å². The van der Waals surface area contributed by atoms with Crippen LogP contribution in [0.15, 0.2) is 0 Å². The topological polar surface area (TPSA) is 35.5 Å². The van der Waals surface area contributed by atoms with Crippen LogP contribution in [0, 0.1) is 5.41 Å². The molecule has 80 valence electrons. The van der Waals surface area contributed by atoms with Gasteiger partial charge in [0.05, 0.1) is 0 Å². The van der Waals surface area contributed by atoms with Crippen molar-refractivity contribution < 1.29 is 5.11 Å². The molecule has 0 aliphatic carbocycles. The van der Waals surface area contributed by atoms with Gasteiger partial charge in [-0.05, 0) is 21.0 Å². The second-order valence-electron chi connectivity index (χ2n) is 5.05. The molecule has 3 heteroatoms. The van der Waals surface area contributed by atoms with Gasteiger partial charge in [0.2, 0.25) is 0 Å².